The molecule has 0 atom stereocenters. The summed E-state index contributed by atoms with van der Waals surface area (Å²) >= 11 is 0. The van der Waals surface area contributed by atoms with Crippen LogP contribution >= 0.6 is 0 Å². The Labute approximate surface area is 164 Å². The third-order valence-corrected chi connectivity index (χ3v) is 4.86. The second kappa shape index (κ2) is 7.10. The molecule has 0 aromatic carbocycles. The minimum atomic E-state index is -0.165. The molecule has 1 aliphatic heterocycles. The maximum absolute atomic E-state index is 11.7. The van der Waals surface area contributed by atoms with Gasteiger partial charge in [0.25, 0.3) is 0 Å². The van der Waals surface area contributed by atoms with Crippen molar-refractivity contribution >= 4 is 11.6 Å². The number of hydrogen-bond acceptors (Lipinski definition) is 2. The second-order valence-electron chi connectivity index (χ2n) is 9.71. The lowest BCUT2D eigenvalue weighted by Gasteiger charge is -2.38. The first-order chi connectivity index (χ1) is 12.2. The first-order valence-electron chi connectivity index (χ1n) is 9.60. The maximum atomic E-state index is 11.7. The van der Waals surface area contributed by atoms with Crippen LogP contribution in [0.4, 0.5) is 0 Å². The van der Waals surface area contributed by atoms with Crippen molar-refractivity contribution in [3.05, 3.63) is 58.0 Å². The summed E-state index contributed by atoms with van der Waals surface area (Å²) in [5.74, 6) is -0.165. The Kier molecular flexibility index (Phi) is 5.56. The van der Waals surface area contributed by atoms with Crippen LogP contribution in [0.15, 0.2) is 63.0 Å². The van der Waals surface area contributed by atoms with E-state index in [0.717, 1.165) is 5.71 Å². The average Bonchev–Trinajstić information content (AvgIpc) is 2.44. The van der Waals surface area contributed by atoms with E-state index in [9.17, 15) is 4.79 Å². The van der Waals surface area contributed by atoms with Gasteiger partial charge in [-0.15, -0.1) is 0 Å². The van der Waals surface area contributed by atoms with Gasteiger partial charge in [0.1, 0.15) is 0 Å². The average molecular weight is 367 g/mol. The van der Waals surface area contributed by atoms with Crippen molar-refractivity contribution in [2.45, 2.75) is 62.3 Å². The van der Waals surface area contributed by atoms with Gasteiger partial charge < -0.3 is 4.90 Å². The standard InChI is InChI=1S/C24H34N2O/c1-15-13-26(10)14-16(2)21(15)22-19(23(4,5)6)11-18(25-17(3)27)12-20(22)24(7,8)9/h11-14H,1-10H3. The lowest BCUT2D eigenvalue weighted by Crippen LogP contribution is -2.26. The van der Waals surface area contributed by atoms with E-state index in [-0.39, 0.29) is 16.7 Å². The topological polar surface area (TPSA) is 32.7 Å². The molecule has 0 bridgehead atoms. The number of carbonyl (C=O) groups excluding carboxylic acids is 1. The van der Waals surface area contributed by atoms with Crippen LogP contribution in [-0.2, 0) is 4.79 Å². The first-order valence-corrected chi connectivity index (χ1v) is 9.60. The molecule has 0 unspecified atom stereocenters. The molecule has 0 radical (unpaired) electrons. The van der Waals surface area contributed by atoms with Gasteiger partial charge in [-0.05, 0) is 70.3 Å². The molecule has 2 rings (SSSR count). The number of aliphatic imine (C=N–C) groups is 1. The van der Waals surface area contributed by atoms with Crippen LogP contribution in [-0.4, -0.2) is 23.6 Å². The lowest BCUT2D eigenvalue weighted by molar-refractivity contribution is -0.115. The van der Waals surface area contributed by atoms with Gasteiger partial charge in [-0.2, -0.15) is 0 Å². The van der Waals surface area contributed by atoms with Crippen molar-refractivity contribution in [1.29, 1.82) is 0 Å². The zero-order valence-electron chi connectivity index (χ0n) is 18.6. The van der Waals surface area contributed by atoms with Gasteiger partial charge in [-0.1, -0.05) is 41.5 Å². The van der Waals surface area contributed by atoms with Crippen LogP contribution in [0.25, 0.3) is 0 Å². The summed E-state index contributed by atoms with van der Waals surface area (Å²) in [5.41, 5.74) is 8.14. The predicted octanol–water partition coefficient (Wildman–Crippen LogP) is 5.98. The van der Waals surface area contributed by atoms with Crippen LogP contribution in [0.5, 0.6) is 0 Å². The molecule has 0 saturated heterocycles. The van der Waals surface area contributed by atoms with E-state index in [1.807, 2.05) is 0 Å². The van der Waals surface area contributed by atoms with E-state index in [1.54, 1.807) is 0 Å². The minimum Gasteiger partial charge on any atom is -0.357 e. The Morgan fingerprint density at radius 3 is 1.59 bits per heavy atom. The fourth-order valence-corrected chi connectivity index (χ4v) is 3.81. The van der Waals surface area contributed by atoms with Crippen LogP contribution in [0.1, 0.15) is 62.3 Å². The molecular formula is C24H34N2O. The number of amides is 1. The van der Waals surface area contributed by atoms with E-state index in [0.29, 0.717) is 0 Å². The van der Waals surface area contributed by atoms with Crippen LogP contribution in [0, 0.1) is 10.8 Å². The Morgan fingerprint density at radius 2 is 1.26 bits per heavy atom. The SMILES string of the molecule is CC(=O)N=C1C=C(C(C)(C)C)C(=C2C(C)=CN(C)C=C2C)C(C(C)(C)C)=C1. The van der Waals surface area contributed by atoms with Crippen LogP contribution < -0.4 is 0 Å². The lowest BCUT2D eigenvalue weighted by atomic mass is 9.67. The Morgan fingerprint density at radius 1 is 0.852 bits per heavy atom. The highest BCUT2D eigenvalue weighted by atomic mass is 16.1. The molecule has 2 aliphatic rings. The fraction of sp³-hybridized carbons (Fsp3) is 0.500. The molecule has 0 fully saturated rings. The van der Waals surface area contributed by atoms with Gasteiger partial charge in [-0.25, -0.2) is 4.99 Å². The van der Waals surface area contributed by atoms with E-state index in [1.165, 1.54) is 40.4 Å². The summed E-state index contributed by atoms with van der Waals surface area (Å²) < 4.78 is 0. The Bertz CT molecular complexity index is 786. The highest BCUT2D eigenvalue weighted by molar-refractivity contribution is 6.12. The zero-order chi connectivity index (χ0) is 20.7. The number of allylic oxidation sites excluding steroid dienone is 8. The first kappa shape index (κ1) is 21.1. The number of rotatable bonds is 0. The molecule has 3 nitrogen and oxygen atoms in total. The van der Waals surface area contributed by atoms with E-state index >= 15 is 0 Å². The molecule has 0 spiro atoms. The Balaban J connectivity index is 2.93. The molecule has 27 heavy (non-hydrogen) atoms. The summed E-state index contributed by atoms with van der Waals surface area (Å²) in [7, 11) is 2.06. The number of hydrogen-bond donors (Lipinski definition) is 0. The van der Waals surface area contributed by atoms with E-state index in [4.69, 9.17) is 0 Å². The third-order valence-electron chi connectivity index (χ3n) is 4.86. The molecule has 0 N–H and O–H groups in total. The molecule has 1 heterocycles. The van der Waals surface area contributed by atoms with Crippen molar-refractivity contribution in [3.63, 3.8) is 0 Å². The van der Waals surface area contributed by atoms with Gasteiger partial charge in [-0.3, -0.25) is 4.79 Å². The summed E-state index contributed by atoms with van der Waals surface area (Å²) in [6, 6.07) is 0. The smallest absolute Gasteiger partial charge is 0.243 e. The molecular weight excluding hydrogens is 332 g/mol. The highest BCUT2D eigenvalue weighted by Gasteiger charge is 2.34. The summed E-state index contributed by atoms with van der Waals surface area (Å²) in [4.78, 5) is 18.0. The van der Waals surface area contributed by atoms with Crippen molar-refractivity contribution in [2.75, 3.05) is 7.05 Å². The summed E-state index contributed by atoms with van der Waals surface area (Å²) in [6.45, 7) is 19.2. The predicted molar refractivity (Wildman–Crippen MR) is 115 cm³/mol. The van der Waals surface area contributed by atoms with Gasteiger partial charge in [0, 0.05) is 26.4 Å². The molecule has 146 valence electrons. The largest absolute Gasteiger partial charge is 0.357 e. The normalized spacial score (nSPS) is 18.7. The van der Waals surface area contributed by atoms with Gasteiger partial charge in [0.05, 0.1) is 5.71 Å². The number of nitrogens with zero attached hydrogens (tertiary/aromatic N) is 2. The monoisotopic (exact) mass is 366 g/mol. The molecule has 0 aromatic heterocycles. The molecule has 1 amide bonds. The zero-order valence-corrected chi connectivity index (χ0v) is 18.6. The molecule has 3 heteroatoms. The molecule has 1 aliphatic carbocycles. The van der Waals surface area contributed by atoms with E-state index < -0.39 is 0 Å². The quantitative estimate of drug-likeness (QED) is 0.528. The minimum absolute atomic E-state index is 0.0748. The molecule has 0 aromatic rings. The van der Waals surface area contributed by atoms with Crippen LogP contribution in [0.3, 0.4) is 0 Å². The van der Waals surface area contributed by atoms with Crippen LogP contribution in [0.2, 0.25) is 0 Å². The van der Waals surface area contributed by atoms with Gasteiger partial charge in [0.2, 0.25) is 5.91 Å². The number of carbonyl (C=O) groups is 1. The highest BCUT2D eigenvalue weighted by Crippen LogP contribution is 2.47. The fourth-order valence-electron chi connectivity index (χ4n) is 3.81. The summed E-state index contributed by atoms with van der Waals surface area (Å²) in [5, 5.41) is 0. The van der Waals surface area contributed by atoms with Crippen molar-refractivity contribution in [3.8, 4) is 0 Å². The second-order valence-corrected chi connectivity index (χ2v) is 9.71. The molecule has 0 saturated carbocycles. The van der Waals surface area contributed by atoms with Crippen molar-refractivity contribution < 1.29 is 4.79 Å². The summed E-state index contributed by atoms with van der Waals surface area (Å²) in [6.07, 6.45) is 8.54. The third kappa shape index (κ3) is 4.58. The maximum Gasteiger partial charge on any atom is 0.243 e. The van der Waals surface area contributed by atoms with E-state index in [2.05, 4.69) is 96.9 Å². The van der Waals surface area contributed by atoms with Crippen molar-refractivity contribution in [1.82, 2.24) is 4.90 Å². The van der Waals surface area contributed by atoms with Gasteiger partial charge >= 0.3 is 0 Å². The Hall–Kier alpha value is -2.16. The van der Waals surface area contributed by atoms with Crippen molar-refractivity contribution in [2.24, 2.45) is 15.8 Å². The van der Waals surface area contributed by atoms with Gasteiger partial charge in [0.15, 0.2) is 0 Å².